The van der Waals surface area contributed by atoms with Gasteiger partial charge in [0.15, 0.2) is 5.09 Å². The zero-order valence-electron chi connectivity index (χ0n) is 6.32. The highest BCUT2D eigenvalue weighted by Crippen LogP contribution is 2.39. The van der Waals surface area contributed by atoms with Gasteiger partial charge in [0.25, 0.3) is 0 Å². The van der Waals surface area contributed by atoms with Gasteiger partial charge in [0.1, 0.15) is 0 Å². The third-order valence-corrected chi connectivity index (χ3v) is 2.86. The molecule has 1 N–H and O–H groups in total. The molecule has 1 aliphatic rings. The van der Waals surface area contributed by atoms with Crippen LogP contribution in [0.25, 0.3) is 0 Å². The Kier molecular flexibility index (Phi) is 1.84. The monoisotopic (exact) mass is 184 g/mol. The average Bonchev–Trinajstić information content (AvgIpc) is 2.66. The molecule has 0 aromatic carbocycles. The minimum absolute atomic E-state index is 0.0261. The molecule has 1 saturated carbocycles. The maximum absolute atomic E-state index is 10.4. The first-order valence-electron chi connectivity index (χ1n) is 3.75. The lowest BCUT2D eigenvalue weighted by atomic mass is 10.5. The van der Waals surface area contributed by atoms with Gasteiger partial charge >= 0.3 is 5.97 Å². The standard InChI is InChI=1S/C8H8O3S/c9-8(10)6-3-4-7(11-6)12-5-1-2-5/h3-5H,1-2H2,(H,9,10). The molecule has 0 radical (unpaired) electrons. The molecule has 0 spiro atoms. The number of aromatic carboxylic acids is 1. The smallest absolute Gasteiger partial charge is 0.371 e. The van der Waals surface area contributed by atoms with Crippen molar-refractivity contribution >= 4 is 17.7 Å². The molecule has 1 aromatic heterocycles. The molecule has 1 aliphatic carbocycles. The summed E-state index contributed by atoms with van der Waals surface area (Å²) in [7, 11) is 0. The van der Waals surface area contributed by atoms with Gasteiger partial charge in [-0.25, -0.2) is 4.79 Å². The largest absolute Gasteiger partial charge is 0.475 e. The third-order valence-electron chi connectivity index (χ3n) is 1.60. The molecule has 1 heterocycles. The van der Waals surface area contributed by atoms with Gasteiger partial charge in [-0.15, -0.1) is 0 Å². The number of hydrogen-bond donors (Lipinski definition) is 1. The summed E-state index contributed by atoms with van der Waals surface area (Å²) in [6.07, 6.45) is 2.43. The highest BCUT2D eigenvalue weighted by atomic mass is 32.2. The number of rotatable bonds is 3. The van der Waals surface area contributed by atoms with Gasteiger partial charge in [0.2, 0.25) is 5.76 Å². The van der Waals surface area contributed by atoms with Crippen LogP contribution in [-0.4, -0.2) is 16.3 Å². The van der Waals surface area contributed by atoms with Crippen LogP contribution in [0.4, 0.5) is 0 Å². The Morgan fingerprint density at radius 2 is 2.33 bits per heavy atom. The molecule has 0 unspecified atom stereocenters. The Hall–Kier alpha value is -0.900. The first kappa shape index (κ1) is 7.73. The summed E-state index contributed by atoms with van der Waals surface area (Å²) in [4.78, 5) is 10.4. The van der Waals surface area contributed by atoms with E-state index in [1.165, 1.54) is 18.9 Å². The van der Waals surface area contributed by atoms with Crippen LogP contribution in [0, 0.1) is 0 Å². The summed E-state index contributed by atoms with van der Waals surface area (Å²) in [5, 5.41) is 9.91. The maximum Gasteiger partial charge on any atom is 0.371 e. The first-order valence-corrected chi connectivity index (χ1v) is 4.63. The van der Waals surface area contributed by atoms with Crippen LogP contribution >= 0.6 is 11.8 Å². The predicted molar refractivity (Wildman–Crippen MR) is 44.5 cm³/mol. The van der Waals surface area contributed by atoms with E-state index < -0.39 is 5.97 Å². The SMILES string of the molecule is O=C(O)c1ccc(SC2CC2)o1. The maximum atomic E-state index is 10.4. The summed E-state index contributed by atoms with van der Waals surface area (Å²) in [6, 6.07) is 3.21. The Bertz CT molecular complexity index is 301. The second-order valence-corrected chi connectivity index (χ2v) is 4.05. The number of carboxylic acids is 1. The molecule has 64 valence electrons. The fraction of sp³-hybridized carbons (Fsp3) is 0.375. The van der Waals surface area contributed by atoms with E-state index in [0.29, 0.717) is 5.25 Å². The van der Waals surface area contributed by atoms with Crippen molar-refractivity contribution in [1.82, 2.24) is 0 Å². The van der Waals surface area contributed by atoms with E-state index in [0.717, 1.165) is 5.09 Å². The highest BCUT2D eigenvalue weighted by Gasteiger charge is 2.24. The predicted octanol–water partition coefficient (Wildman–Crippen LogP) is 2.23. The summed E-state index contributed by atoms with van der Waals surface area (Å²) >= 11 is 1.62. The second kappa shape index (κ2) is 2.86. The van der Waals surface area contributed by atoms with Gasteiger partial charge in [-0.1, -0.05) is 11.8 Å². The Morgan fingerprint density at radius 3 is 2.83 bits per heavy atom. The van der Waals surface area contributed by atoms with E-state index in [4.69, 9.17) is 9.52 Å². The summed E-state index contributed by atoms with van der Waals surface area (Å²) < 4.78 is 5.06. The number of carboxylic acid groups (broad SMARTS) is 1. The lowest BCUT2D eigenvalue weighted by Gasteiger charge is -1.90. The Labute approximate surface area is 73.8 Å². The van der Waals surface area contributed by atoms with E-state index in [2.05, 4.69) is 0 Å². The zero-order valence-corrected chi connectivity index (χ0v) is 7.13. The molecule has 4 heteroatoms. The van der Waals surface area contributed by atoms with Crippen LogP contribution in [0.15, 0.2) is 21.6 Å². The van der Waals surface area contributed by atoms with Crippen molar-refractivity contribution in [2.45, 2.75) is 23.2 Å². The van der Waals surface area contributed by atoms with Crippen LogP contribution in [0.1, 0.15) is 23.4 Å². The van der Waals surface area contributed by atoms with E-state index in [1.807, 2.05) is 0 Å². The average molecular weight is 184 g/mol. The Morgan fingerprint density at radius 1 is 1.58 bits per heavy atom. The van der Waals surface area contributed by atoms with Gasteiger partial charge in [0, 0.05) is 5.25 Å². The van der Waals surface area contributed by atoms with Crippen LogP contribution in [0.5, 0.6) is 0 Å². The minimum Gasteiger partial charge on any atom is -0.475 e. The lowest BCUT2D eigenvalue weighted by molar-refractivity contribution is 0.0656. The molecule has 0 saturated heterocycles. The van der Waals surface area contributed by atoms with Gasteiger partial charge in [-0.05, 0) is 25.0 Å². The normalized spacial score (nSPS) is 16.3. The van der Waals surface area contributed by atoms with Crippen molar-refractivity contribution in [2.24, 2.45) is 0 Å². The Balaban J connectivity index is 2.06. The molecule has 0 bridgehead atoms. The van der Waals surface area contributed by atoms with Crippen molar-refractivity contribution in [3.63, 3.8) is 0 Å². The number of carbonyl (C=O) groups is 1. The molecule has 12 heavy (non-hydrogen) atoms. The molecule has 0 atom stereocenters. The summed E-state index contributed by atoms with van der Waals surface area (Å²) in [5.74, 6) is -0.976. The van der Waals surface area contributed by atoms with Gasteiger partial charge in [-0.3, -0.25) is 0 Å². The molecule has 0 aliphatic heterocycles. The van der Waals surface area contributed by atoms with E-state index in [9.17, 15) is 4.79 Å². The topological polar surface area (TPSA) is 50.4 Å². The summed E-state index contributed by atoms with van der Waals surface area (Å²) in [5.41, 5.74) is 0. The fourth-order valence-electron chi connectivity index (χ4n) is 0.849. The van der Waals surface area contributed by atoms with Crippen molar-refractivity contribution in [2.75, 3.05) is 0 Å². The third kappa shape index (κ3) is 1.64. The van der Waals surface area contributed by atoms with Gasteiger partial charge in [-0.2, -0.15) is 0 Å². The van der Waals surface area contributed by atoms with E-state index in [-0.39, 0.29) is 5.76 Å². The van der Waals surface area contributed by atoms with E-state index in [1.54, 1.807) is 17.8 Å². The first-order chi connectivity index (χ1) is 5.75. The van der Waals surface area contributed by atoms with Crippen molar-refractivity contribution in [1.29, 1.82) is 0 Å². The molecule has 0 amide bonds. The van der Waals surface area contributed by atoms with Crippen molar-refractivity contribution in [3.05, 3.63) is 17.9 Å². The molecule has 1 aromatic rings. The minimum atomic E-state index is -1.00. The van der Waals surface area contributed by atoms with Crippen LogP contribution in [0.3, 0.4) is 0 Å². The second-order valence-electron chi connectivity index (χ2n) is 2.74. The lowest BCUT2D eigenvalue weighted by Crippen LogP contribution is -1.91. The molecule has 2 rings (SSSR count). The molecule has 1 fully saturated rings. The van der Waals surface area contributed by atoms with Crippen molar-refractivity contribution < 1.29 is 14.3 Å². The number of furan rings is 1. The molecule has 3 nitrogen and oxygen atoms in total. The number of thioether (sulfide) groups is 1. The van der Waals surface area contributed by atoms with Crippen molar-refractivity contribution in [3.8, 4) is 0 Å². The van der Waals surface area contributed by atoms with Crippen LogP contribution < -0.4 is 0 Å². The van der Waals surface area contributed by atoms with E-state index >= 15 is 0 Å². The van der Waals surface area contributed by atoms with Crippen LogP contribution in [0.2, 0.25) is 0 Å². The number of hydrogen-bond acceptors (Lipinski definition) is 3. The molecular formula is C8H8O3S. The highest BCUT2D eigenvalue weighted by molar-refractivity contribution is 8.00. The van der Waals surface area contributed by atoms with Gasteiger partial charge < -0.3 is 9.52 Å². The van der Waals surface area contributed by atoms with Gasteiger partial charge in [0.05, 0.1) is 0 Å². The summed E-state index contributed by atoms with van der Waals surface area (Å²) in [6.45, 7) is 0. The van der Waals surface area contributed by atoms with Crippen LogP contribution in [-0.2, 0) is 0 Å². The fourth-order valence-corrected chi connectivity index (χ4v) is 1.83. The zero-order chi connectivity index (χ0) is 8.55. The molecular weight excluding hydrogens is 176 g/mol. The quantitative estimate of drug-likeness (QED) is 0.782.